The zero-order valence-corrected chi connectivity index (χ0v) is 39.6. The van der Waals surface area contributed by atoms with E-state index in [2.05, 4.69) is 180 Å². The van der Waals surface area contributed by atoms with Crippen molar-refractivity contribution in [3.05, 3.63) is 111 Å². The Kier molecular flexibility index (Phi) is 9.45. The lowest BCUT2D eigenvalue weighted by Crippen LogP contribution is -2.61. The molecule has 0 unspecified atom stereocenters. The molecule has 0 radical (unpaired) electrons. The Morgan fingerprint density at radius 3 is 1.82 bits per heavy atom. The third-order valence-electron chi connectivity index (χ3n) is 13.3. The van der Waals surface area contributed by atoms with Crippen molar-refractivity contribution in [2.75, 3.05) is 23.0 Å². The summed E-state index contributed by atoms with van der Waals surface area (Å²) in [4.78, 5) is 5.28. The third-order valence-corrected chi connectivity index (χ3v) is 14.5. The fourth-order valence-corrected chi connectivity index (χ4v) is 11.2. The van der Waals surface area contributed by atoms with Crippen molar-refractivity contribution in [3.8, 4) is 11.5 Å². The monoisotopic (exact) mass is 814 g/mol. The van der Waals surface area contributed by atoms with Crippen molar-refractivity contribution in [1.29, 1.82) is 0 Å². The fourth-order valence-electron chi connectivity index (χ4n) is 9.98. The van der Waals surface area contributed by atoms with Gasteiger partial charge in [0.05, 0.1) is 29.6 Å². The van der Waals surface area contributed by atoms with Crippen molar-refractivity contribution in [3.63, 3.8) is 0 Å². The molecule has 3 aliphatic heterocycles. The third kappa shape index (κ3) is 6.38. The van der Waals surface area contributed by atoms with Gasteiger partial charge in [-0.3, -0.25) is 0 Å². The molecular formula is C54H63BN2O2S. The summed E-state index contributed by atoms with van der Waals surface area (Å²) >= 11 is 1.96. The van der Waals surface area contributed by atoms with Crippen molar-refractivity contribution >= 4 is 78.0 Å². The summed E-state index contributed by atoms with van der Waals surface area (Å²) < 4.78 is 14.2. The van der Waals surface area contributed by atoms with Gasteiger partial charge in [-0.05, 0) is 141 Å². The topological polar surface area (TPSA) is 24.9 Å². The molecule has 0 amide bonds. The van der Waals surface area contributed by atoms with Crippen LogP contribution in [0.15, 0.2) is 66.7 Å². The number of fused-ring (bicyclic) bond motifs is 7. The van der Waals surface area contributed by atoms with Gasteiger partial charge < -0.3 is 19.3 Å². The average molecular weight is 815 g/mol. The van der Waals surface area contributed by atoms with E-state index in [1.165, 1.54) is 98.9 Å². The molecule has 0 saturated carbocycles. The van der Waals surface area contributed by atoms with E-state index in [1.54, 1.807) is 0 Å². The van der Waals surface area contributed by atoms with Gasteiger partial charge in [-0.25, -0.2) is 0 Å². The molecule has 6 aromatic rings. The van der Waals surface area contributed by atoms with Crippen LogP contribution >= 0.6 is 11.3 Å². The maximum Gasteiger partial charge on any atom is 0.254 e. The SMILES string of the molecule is Cc1cc(C(C)(C)C)cc(C)c1N1c2cc(C(C)C)cc3c2B(c2cc(C(C)(C)C)ccc2N3c2c(C)cc3c(c2C)OCCCO3)c2c1sc1ccc(C(C)(C)C)cc21. The second kappa shape index (κ2) is 13.9. The molecule has 60 heavy (non-hydrogen) atoms. The smallest absolute Gasteiger partial charge is 0.254 e. The standard InChI is InChI=1S/C54H63BN2O2S/c1-30(2)35-26-42-47-43(27-35)57(48-31(3)23-38(24-32(48)4)54(13,14)15)51-46(39-28-36(52(7,8)9)18-20-45(39)60-51)55(47)40-29-37(53(10,11)12)17-19-41(40)56(42)49-33(5)25-44-50(34(49)6)59-22-16-21-58-44/h17-20,23-30H,16,21-22H2,1-15H3. The lowest BCUT2D eigenvalue weighted by molar-refractivity contribution is 0.296. The molecule has 6 heteroatoms. The summed E-state index contributed by atoms with van der Waals surface area (Å²) in [5.41, 5.74) is 20.7. The summed E-state index contributed by atoms with van der Waals surface area (Å²) in [7, 11) is 0. The Morgan fingerprint density at radius 1 is 0.600 bits per heavy atom. The van der Waals surface area contributed by atoms with E-state index in [0.717, 1.165) is 23.5 Å². The van der Waals surface area contributed by atoms with Gasteiger partial charge in [-0.2, -0.15) is 0 Å². The molecule has 0 N–H and O–H groups in total. The van der Waals surface area contributed by atoms with E-state index >= 15 is 0 Å². The Balaban J connectivity index is 1.46. The van der Waals surface area contributed by atoms with Crippen LogP contribution in [-0.4, -0.2) is 19.9 Å². The highest BCUT2D eigenvalue weighted by molar-refractivity contribution is 7.26. The predicted octanol–water partition coefficient (Wildman–Crippen LogP) is 13.4. The highest BCUT2D eigenvalue weighted by Gasteiger charge is 2.47. The van der Waals surface area contributed by atoms with Crippen molar-refractivity contribution < 1.29 is 9.47 Å². The summed E-state index contributed by atoms with van der Waals surface area (Å²) in [6.07, 6.45) is 0.871. The second-order valence-corrected chi connectivity index (χ2v) is 22.3. The first-order valence-electron chi connectivity index (χ1n) is 22.2. The molecule has 9 rings (SSSR count). The van der Waals surface area contributed by atoms with Gasteiger partial charge in [0, 0.05) is 33.7 Å². The lowest BCUT2D eigenvalue weighted by atomic mass is 9.33. The molecule has 5 aromatic carbocycles. The van der Waals surface area contributed by atoms with E-state index in [4.69, 9.17) is 9.47 Å². The van der Waals surface area contributed by atoms with Crippen LogP contribution in [0.5, 0.6) is 11.5 Å². The van der Waals surface area contributed by atoms with Crippen LogP contribution in [0.25, 0.3) is 10.1 Å². The first kappa shape index (κ1) is 40.7. The first-order valence-corrected chi connectivity index (χ1v) is 23.0. The van der Waals surface area contributed by atoms with Gasteiger partial charge in [0.2, 0.25) is 0 Å². The molecular weight excluding hydrogens is 751 g/mol. The molecule has 0 fully saturated rings. The molecule has 4 nitrogen and oxygen atoms in total. The zero-order valence-electron chi connectivity index (χ0n) is 38.7. The normalized spacial score (nSPS) is 15.0. The van der Waals surface area contributed by atoms with E-state index < -0.39 is 0 Å². The summed E-state index contributed by atoms with van der Waals surface area (Å²) in [5.74, 6) is 2.03. The van der Waals surface area contributed by atoms with Gasteiger partial charge in [0.1, 0.15) is 0 Å². The number of anilines is 6. The van der Waals surface area contributed by atoms with Crippen LogP contribution in [0, 0.1) is 27.7 Å². The minimum absolute atomic E-state index is 0.00933. The van der Waals surface area contributed by atoms with E-state index in [0.29, 0.717) is 19.1 Å². The number of ether oxygens (including phenoxy) is 2. The molecule has 0 saturated heterocycles. The Hall–Kier alpha value is -4.68. The number of rotatable bonds is 3. The van der Waals surface area contributed by atoms with Gasteiger partial charge in [-0.1, -0.05) is 113 Å². The number of aryl methyl sites for hydroxylation is 3. The largest absolute Gasteiger partial charge is 0.490 e. The predicted molar refractivity (Wildman–Crippen MR) is 261 cm³/mol. The molecule has 0 atom stereocenters. The molecule has 4 heterocycles. The quantitative estimate of drug-likeness (QED) is 0.166. The highest BCUT2D eigenvalue weighted by atomic mass is 32.1. The average Bonchev–Trinajstić information content (AvgIpc) is 3.37. The zero-order chi connectivity index (χ0) is 43.0. The van der Waals surface area contributed by atoms with Crippen molar-refractivity contribution in [2.45, 2.75) is 132 Å². The van der Waals surface area contributed by atoms with Crippen LogP contribution < -0.4 is 35.7 Å². The van der Waals surface area contributed by atoms with Gasteiger partial charge in [-0.15, -0.1) is 11.3 Å². The minimum Gasteiger partial charge on any atom is -0.490 e. The van der Waals surface area contributed by atoms with Crippen molar-refractivity contribution in [1.82, 2.24) is 0 Å². The summed E-state index contributed by atoms with van der Waals surface area (Å²) in [6.45, 7) is 36.2. The Bertz CT molecular complexity index is 2710. The Labute approximate surface area is 364 Å². The molecule has 0 bridgehead atoms. The van der Waals surface area contributed by atoms with Crippen LogP contribution in [0.1, 0.15) is 133 Å². The minimum atomic E-state index is -0.0335. The van der Waals surface area contributed by atoms with Crippen molar-refractivity contribution in [2.24, 2.45) is 0 Å². The van der Waals surface area contributed by atoms with Crippen LogP contribution in [0.3, 0.4) is 0 Å². The number of nitrogens with zero attached hydrogens (tertiary/aromatic N) is 2. The van der Waals surface area contributed by atoms with Crippen LogP contribution in [0.4, 0.5) is 33.4 Å². The lowest BCUT2D eigenvalue weighted by Gasteiger charge is -2.45. The number of hydrogen-bond acceptors (Lipinski definition) is 5. The molecule has 0 spiro atoms. The Morgan fingerprint density at radius 2 is 1.18 bits per heavy atom. The number of thiophene rings is 1. The molecule has 3 aliphatic rings. The molecule has 0 aliphatic carbocycles. The van der Waals surface area contributed by atoms with Crippen LogP contribution in [-0.2, 0) is 16.2 Å². The molecule has 1 aromatic heterocycles. The van der Waals surface area contributed by atoms with E-state index in [-0.39, 0.29) is 23.0 Å². The van der Waals surface area contributed by atoms with E-state index in [9.17, 15) is 0 Å². The highest BCUT2D eigenvalue weighted by Crippen LogP contribution is 2.53. The number of benzene rings is 5. The summed E-state index contributed by atoms with van der Waals surface area (Å²) in [6, 6.07) is 26.8. The van der Waals surface area contributed by atoms with Gasteiger partial charge >= 0.3 is 0 Å². The molecule has 310 valence electrons. The second-order valence-electron chi connectivity index (χ2n) is 21.3. The first-order chi connectivity index (χ1) is 28.1. The van der Waals surface area contributed by atoms with E-state index in [1.807, 2.05) is 11.3 Å². The van der Waals surface area contributed by atoms with Gasteiger partial charge in [0.15, 0.2) is 11.5 Å². The number of hydrogen-bond donors (Lipinski definition) is 0. The van der Waals surface area contributed by atoms with Gasteiger partial charge in [0.25, 0.3) is 6.71 Å². The fraction of sp³-hybridized carbons (Fsp3) is 0.407. The van der Waals surface area contributed by atoms with Crippen LogP contribution in [0.2, 0.25) is 0 Å². The maximum absolute atomic E-state index is 6.54. The summed E-state index contributed by atoms with van der Waals surface area (Å²) in [5, 5.41) is 2.70. The maximum atomic E-state index is 6.54.